The van der Waals surface area contributed by atoms with E-state index in [1.807, 2.05) is 6.07 Å². The smallest absolute Gasteiger partial charge is 0.343 e. The molecule has 228 valence electrons. The minimum absolute atomic E-state index is 0.00114. The average Bonchev–Trinajstić information content (AvgIpc) is 2.96. The molecular formula is C35H40O8. The molecule has 1 aliphatic rings. The number of rotatable bonds is 15. The highest BCUT2D eigenvalue weighted by atomic mass is 16.5. The van der Waals surface area contributed by atoms with Gasteiger partial charge in [0.25, 0.3) is 0 Å². The SMILES string of the molecule is C=C(C)C(=O)OCCCCC1=Cc2cc(-c3ccc(OC(=O)C(=C)C)cc3)c(=O)oc2C(CCCCOC(=O)C(=C)C)C1. The van der Waals surface area contributed by atoms with Gasteiger partial charge in [-0.15, -0.1) is 0 Å². The number of hydrogen-bond donors (Lipinski definition) is 0. The van der Waals surface area contributed by atoms with Gasteiger partial charge < -0.3 is 18.6 Å². The van der Waals surface area contributed by atoms with Crippen molar-refractivity contribution in [2.45, 2.75) is 71.6 Å². The number of esters is 3. The van der Waals surface area contributed by atoms with E-state index in [0.717, 1.165) is 44.1 Å². The van der Waals surface area contributed by atoms with Gasteiger partial charge in [0.2, 0.25) is 0 Å². The molecule has 0 saturated heterocycles. The lowest BCUT2D eigenvalue weighted by atomic mass is 9.82. The summed E-state index contributed by atoms with van der Waals surface area (Å²) in [5.74, 6) is -0.304. The first-order valence-electron chi connectivity index (χ1n) is 14.5. The molecule has 0 amide bonds. The molecule has 1 heterocycles. The minimum Gasteiger partial charge on any atom is -0.462 e. The van der Waals surface area contributed by atoms with Crippen LogP contribution in [-0.4, -0.2) is 31.1 Å². The molecule has 8 heteroatoms. The number of allylic oxidation sites excluding steroid dienone is 1. The zero-order valence-corrected chi connectivity index (χ0v) is 25.3. The van der Waals surface area contributed by atoms with Crippen LogP contribution < -0.4 is 10.4 Å². The minimum atomic E-state index is -0.521. The van der Waals surface area contributed by atoms with E-state index in [1.165, 1.54) is 5.57 Å². The standard InChI is InChI=1S/C35H40O8/c1-22(2)32(36)40-17-9-7-11-25-19-27(12-8-10-18-41-33(37)23(3)4)31-28(20-25)21-30(35(39)43-31)26-13-15-29(16-14-26)42-34(38)24(5)6/h13-16,20-21,27H,1,3,5,7-12,17-19H2,2,4,6H3. The Balaban J connectivity index is 1.77. The summed E-state index contributed by atoms with van der Waals surface area (Å²) in [4.78, 5) is 48.3. The third-order valence-electron chi connectivity index (χ3n) is 6.97. The molecular weight excluding hydrogens is 548 g/mol. The maximum absolute atomic E-state index is 13.1. The molecule has 1 aromatic heterocycles. The molecule has 1 atom stereocenters. The molecule has 1 aliphatic carbocycles. The highest BCUT2D eigenvalue weighted by Crippen LogP contribution is 2.39. The topological polar surface area (TPSA) is 109 Å². The number of carbonyl (C=O) groups excluding carboxylic acids is 3. The van der Waals surface area contributed by atoms with E-state index in [4.69, 9.17) is 18.6 Å². The van der Waals surface area contributed by atoms with Gasteiger partial charge in [-0.1, -0.05) is 43.5 Å². The molecule has 1 aromatic carbocycles. The molecule has 3 rings (SSSR count). The second kappa shape index (κ2) is 15.7. The van der Waals surface area contributed by atoms with Crippen LogP contribution in [0.3, 0.4) is 0 Å². The molecule has 43 heavy (non-hydrogen) atoms. The lowest BCUT2D eigenvalue weighted by molar-refractivity contribution is -0.139. The average molecular weight is 589 g/mol. The number of fused-ring (bicyclic) bond motifs is 1. The Kier molecular flexibility index (Phi) is 12.0. The zero-order valence-electron chi connectivity index (χ0n) is 25.3. The van der Waals surface area contributed by atoms with Crippen LogP contribution in [0, 0.1) is 0 Å². The van der Waals surface area contributed by atoms with Gasteiger partial charge in [0, 0.05) is 28.2 Å². The third kappa shape index (κ3) is 9.81. The van der Waals surface area contributed by atoms with Crippen LogP contribution in [0.25, 0.3) is 17.2 Å². The van der Waals surface area contributed by atoms with Crippen molar-refractivity contribution >= 4 is 24.0 Å². The number of ether oxygens (including phenoxy) is 3. The first-order valence-corrected chi connectivity index (χ1v) is 14.5. The Morgan fingerprint density at radius 3 is 2.00 bits per heavy atom. The fourth-order valence-electron chi connectivity index (χ4n) is 4.65. The third-order valence-corrected chi connectivity index (χ3v) is 6.97. The largest absolute Gasteiger partial charge is 0.462 e. The van der Waals surface area contributed by atoms with Gasteiger partial charge >= 0.3 is 23.5 Å². The highest BCUT2D eigenvalue weighted by molar-refractivity contribution is 5.89. The van der Waals surface area contributed by atoms with Crippen LogP contribution in [0.4, 0.5) is 0 Å². The molecule has 0 fully saturated rings. The van der Waals surface area contributed by atoms with Crippen molar-refractivity contribution < 1.29 is 33.0 Å². The van der Waals surface area contributed by atoms with Crippen molar-refractivity contribution in [2.75, 3.05) is 13.2 Å². The van der Waals surface area contributed by atoms with E-state index in [-0.39, 0.29) is 17.5 Å². The van der Waals surface area contributed by atoms with E-state index < -0.39 is 17.6 Å². The van der Waals surface area contributed by atoms with Crippen LogP contribution >= 0.6 is 0 Å². The van der Waals surface area contributed by atoms with Crippen LogP contribution in [-0.2, 0) is 23.9 Å². The summed E-state index contributed by atoms with van der Waals surface area (Å²) in [6.45, 7) is 16.2. The fourth-order valence-corrected chi connectivity index (χ4v) is 4.65. The van der Waals surface area contributed by atoms with Crippen LogP contribution in [0.2, 0.25) is 0 Å². The summed E-state index contributed by atoms with van der Waals surface area (Å²) in [5, 5.41) is 0. The molecule has 2 aromatic rings. The summed E-state index contributed by atoms with van der Waals surface area (Å²) >= 11 is 0. The van der Waals surface area contributed by atoms with Gasteiger partial charge in [0.1, 0.15) is 11.5 Å². The van der Waals surface area contributed by atoms with Crippen molar-refractivity contribution in [3.05, 3.63) is 94.1 Å². The van der Waals surface area contributed by atoms with Gasteiger partial charge in [0.15, 0.2) is 0 Å². The van der Waals surface area contributed by atoms with E-state index >= 15 is 0 Å². The molecule has 0 spiro atoms. The Morgan fingerprint density at radius 2 is 1.42 bits per heavy atom. The van der Waals surface area contributed by atoms with E-state index in [2.05, 4.69) is 25.8 Å². The van der Waals surface area contributed by atoms with Crippen molar-refractivity contribution in [3.8, 4) is 16.9 Å². The normalized spacial score (nSPS) is 13.7. The second-order valence-electron chi connectivity index (χ2n) is 11.0. The molecule has 8 nitrogen and oxygen atoms in total. The quantitative estimate of drug-likeness (QED) is 0.0927. The van der Waals surface area contributed by atoms with Gasteiger partial charge in [0.05, 0.1) is 18.8 Å². The van der Waals surface area contributed by atoms with Crippen LogP contribution in [0.15, 0.2) is 81.6 Å². The van der Waals surface area contributed by atoms with Gasteiger partial charge in [-0.25, -0.2) is 19.2 Å². The number of hydrogen-bond acceptors (Lipinski definition) is 8. The molecule has 1 unspecified atom stereocenters. The molecule has 0 N–H and O–H groups in total. The van der Waals surface area contributed by atoms with Crippen molar-refractivity contribution in [1.29, 1.82) is 0 Å². The summed E-state index contributed by atoms with van der Waals surface area (Å²) in [6.07, 6.45) is 7.42. The molecule has 0 aliphatic heterocycles. The van der Waals surface area contributed by atoms with Crippen molar-refractivity contribution in [1.82, 2.24) is 0 Å². The maximum Gasteiger partial charge on any atom is 0.343 e. The predicted octanol–water partition coefficient (Wildman–Crippen LogP) is 7.24. The van der Waals surface area contributed by atoms with E-state index in [9.17, 15) is 19.2 Å². The highest BCUT2D eigenvalue weighted by Gasteiger charge is 2.25. The van der Waals surface area contributed by atoms with Crippen LogP contribution in [0.5, 0.6) is 5.75 Å². The van der Waals surface area contributed by atoms with Gasteiger partial charge in [-0.05, 0) is 89.5 Å². The maximum atomic E-state index is 13.1. The zero-order chi connectivity index (χ0) is 31.5. The summed E-state index contributed by atoms with van der Waals surface area (Å²) in [6, 6.07) is 8.53. The lowest BCUT2D eigenvalue weighted by Crippen LogP contribution is -2.14. The fraction of sp³-hybridized carbons (Fsp3) is 0.371. The lowest BCUT2D eigenvalue weighted by Gasteiger charge is -2.25. The molecule has 0 saturated carbocycles. The van der Waals surface area contributed by atoms with Gasteiger partial charge in [-0.3, -0.25) is 0 Å². The Hall–Kier alpha value is -4.46. The number of benzene rings is 1. The Bertz CT molecular complexity index is 1470. The van der Waals surface area contributed by atoms with Crippen LogP contribution in [0.1, 0.15) is 83.0 Å². The summed E-state index contributed by atoms with van der Waals surface area (Å²) < 4.78 is 21.6. The number of unbranched alkanes of at least 4 members (excludes halogenated alkanes) is 2. The second-order valence-corrected chi connectivity index (χ2v) is 11.0. The molecule has 0 bridgehead atoms. The Labute approximate surface area is 252 Å². The van der Waals surface area contributed by atoms with Gasteiger partial charge in [-0.2, -0.15) is 0 Å². The van der Waals surface area contributed by atoms with Crippen molar-refractivity contribution in [2.24, 2.45) is 0 Å². The first kappa shape index (κ1) is 33.0. The van der Waals surface area contributed by atoms with E-state index in [0.29, 0.717) is 53.4 Å². The monoisotopic (exact) mass is 588 g/mol. The summed E-state index contributed by atoms with van der Waals surface area (Å²) in [7, 11) is 0. The Morgan fingerprint density at radius 1 is 0.837 bits per heavy atom. The first-order chi connectivity index (χ1) is 20.5. The predicted molar refractivity (Wildman–Crippen MR) is 165 cm³/mol. The summed E-state index contributed by atoms with van der Waals surface area (Å²) in [5.41, 5.74) is 3.71. The van der Waals surface area contributed by atoms with E-state index in [1.54, 1.807) is 45.0 Å². The van der Waals surface area contributed by atoms with Crippen molar-refractivity contribution in [3.63, 3.8) is 0 Å². The molecule has 0 radical (unpaired) electrons. The number of carbonyl (C=O) groups is 3.